The maximum atomic E-state index is 11.7. The van der Waals surface area contributed by atoms with Gasteiger partial charge in [-0.2, -0.15) is 0 Å². The number of benzene rings is 2. The van der Waals surface area contributed by atoms with Crippen LogP contribution in [0.5, 0.6) is 5.75 Å². The van der Waals surface area contributed by atoms with Gasteiger partial charge in [0.1, 0.15) is 5.75 Å². The van der Waals surface area contributed by atoms with Crippen molar-refractivity contribution in [1.82, 2.24) is 10.9 Å². The summed E-state index contributed by atoms with van der Waals surface area (Å²) < 4.78 is 11.0. The Labute approximate surface area is 181 Å². The van der Waals surface area contributed by atoms with Gasteiger partial charge in [0.2, 0.25) is 5.91 Å². The summed E-state index contributed by atoms with van der Waals surface area (Å²) in [6, 6.07) is 14.5. The third-order valence-corrected chi connectivity index (χ3v) is 4.50. The molecule has 0 aliphatic heterocycles. The molecule has 0 radical (unpaired) electrons. The van der Waals surface area contributed by atoms with Crippen LogP contribution >= 0.6 is 27.5 Å². The van der Waals surface area contributed by atoms with Gasteiger partial charge in [0.05, 0.1) is 17.5 Å². The van der Waals surface area contributed by atoms with Crippen LogP contribution in [0.2, 0.25) is 5.02 Å². The van der Waals surface area contributed by atoms with Crippen LogP contribution in [0, 0.1) is 0 Å². The molecular formula is C20H20BrClN2O5. The van der Waals surface area contributed by atoms with Crippen molar-refractivity contribution < 1.29 is 23.9 Å². The van der Waals surface area contributed by atoms with Gasteiger partial charge in [0.25, 0.3) is 5.91 Å². The summed E-state index contributed by atoms with van der Waals surface area (Å²) >= 11 is 9.10. The molecule has 7 nitrogen and oxygen atoms in total. The molecule has 0 spiro atoms. The van der Waals surface area contributed by atoms with Crippen LogP contribution in [-0.2, 0) is 25.5 Å². The summed E-state index contributed by atoms with van der Waals surface area (Å²) in [5, 5.41) is 0.527. The van der Waals surface area contributed by atoms with Crippen molar-refractivity contribution in [2.75, 3.05) is 13.2 Å². The van der Waals surface area contributed by atoms with Crippen molar-refractivity contribution in [3.05, 3.63) is 63.6 Å². The molecule has 0 saturated heterocycles. The van der Waals surface area contributed by atoms with Gasteiger partial charge in [-0.25, -0.2) is 0 Å². The largest absolute Gasteiger partial charge is 0.483 e. The first-order valence-corrected chi connectivity index (χ1v) is 9.96. The van der Waals surface area contributed by atoms with E-state index in [0.717, 1.165) is 5.56 Å². The number of hydrogen-bond donors (Lipinski definition) is 2. The number of halogens is 2. The molecular weight excluding hydrogens is 464 g/mol. The van der Waals surface area contributed by atoms with E-state index in [-0.39, 0.29) is 26.1 Å². The van der Waals surface area contributed by atoms with Gasteiger partial charge in [-0.05, 0) is 39.7 Å². The lowest BCUT2D eigenvalue weighted by atomic mass is 10.2. The number of rotatable bonds is 9. The van der Waals surface area contributed by atoms with Crippen LogP contribution < -0.4 is 15.6 Å². The van der Waals surface area contributed by atoms with E-state index in [4.69, 9.17) is 21.1 Å². The second-order valence-corrected chi connectivity index (χ2v) is 7.21. The first kappa shape index (κ1) is 22.7. The van der Waals surface area contributed by atoms with E-state index < -0.39 is 17.8 Å². The molecule has 0 atom stereocenters. The smallest absolute Gasteiger partial charge is 0.306 e. The van der Waals surface area contributed by atoms with Gasteiger partial charge in [0.15, 0.2) is 6.61 Å². The molecule has 2 amide bonds. The van der Waals surface area contributed by atoms with Crippen LogP contribution in [0.1, 0.15) is 18.4 Å². The lowest BCUT2D eigenvalue weighted by molar-refractivity contribution is -0.145. The molecule has 0 unspecified atom stereocenters. The molecule has 0 heterocycles. The summed E-state index contributed by atoms with van der Waals surface area (Å²) in [5.74, 6) is -1.09. The van der Waals surface area contributed by atoms with Crippen molar-refractivity contribution >= 4 is 45.3 Å². The molecule has 0 aliphatic carbocycles. The fraction of sp³-hybridized carbons (Fsp3) is 0.250. The molecule has 154 valence electrons. The molecule has 2 N–H and O–H groups in total. The second kappa shape index (κ2) is 12.1. The van der Waals surface area contributed by atoms with Crippen LogP contribution in [0.3, 0.4) is 0 Å². The van der Waals surface area contributed by atoms with E-state index in [2.05, 4.69) is 26.8 Å². The number of esters is 1. The lowest BCUT2D eigenvalue weighted by Gasteiger charge is -2.10. The molecule has 0 saturated carbocycles. The lowest BCUT2D eigenvalue weighted by Crippen LogP contribution is -2.43. The van der Waals surface area contributed by atoms with E-state index >= 15 is 0 Å². The monoisotopic (exact) mass is 482 g/mol. The zero-order valence-corrected chi connectivity index (χ0v) is 17.8. The Balaban J connectivity index is 1.57. The topological polar surface area (TPSA) is 93.7 Å². The first-order chi connectivity index (χ1) is 13.9. The van der Waals surface area contributed by atoms with E-state index in [1.807, 2.05) is 30.3 Å². The number of hydrogen-bond acceptors (Lipinski definition) is 5. The SMILES string of the molecule is O=C(CCC(=O)OCCc1ccccc1)NNC(=O)COc1ccc(Cl)cc1Br. The molecule has 0 bridgehead atoms. The van der Waals surface area contributed by atoms with E-state index in [0.29, 0.717) is 21.7 Å². The summed E-state index contributed by atoms with van der Waals surface area (Å²) in [4.78, 5) is 35.1. The van der Waals surface area contributed by atoms with Crippen LogP contribution in [0.15, 0.2) is 53.0 Å². The molecule has 0 aromatic heterocycles. The van der Waals surface area contributed by atoms with Crippen molar-refractivity contribution in [2.24, 2.45) is 0 Å². The highest BCUT2D eigenvalue weighted by atomic mass is 79.9. The maximum Gasteiger partial charge on any atom is 0.306 e. The first-order valence-electron chi connectivity index (χ1n) is 8.79. The van der Waals surface area contributed by atoms with Gasteiger partial charge in [-0.3, -0.25) is 25.2 Å². The average Bonchev–Trinajstić information content (AvgIpc) is 2.71. The standard InChI is InChI=1S/C20H20BrClN2O5/c21-16-12-15(22)6-7-17(16)29-13-19(26)24-23-18(25)8-9-20(27)28-11-10-14-4-2-1-3-5-14/h1-7,12H,8-11,13H2,(H,23,25)(H,24,26). The average molecular weight is 484 g/mol. The number of carbonyl (C=O) groups excluding carboxylic acids is 3. The highest BCUT2D eigenvalue weighted by Crippen LogP contribution is 2.27. The van der Waals surface area contributed by atoms with Crippen LogP contribution in [0.4, 0.5) is 0 Å². The highest BCUT2D eigenvalue weighted by Gasteiger charge is 2.10. The Morgan fingerprint density at radius 1 is 0.966 bits per heavy atom. The molecule has 0 aliphatic rings. The molecule has 0 fully saturated rings. The summed E-state index contributed by atoms with van der Waals surface area (Å²) in [6.07, 6.45) is 0.428. The van der Waals surface area contributed by atoms with E-state index in [1.54, 1.807) is 18.2 Å². The van der Waals surface area contributed by atoms with E-state index in [9.17, 15) is 14.4 Å². The molecule has 9 heteroatoms. The predicted molar refractivity (Wildman–Crippen MR) is 111 cm³/mol. The maximum absolute atomic E-state index is 11.7. The minimum absolute atomic E-state index is 0.0787. The number of amides is 2. The summed E-state index contributed by atoms with van der Waals surface area (Å²) in [5.41, 5.74) is 5.50. The molecule has 2 aromatic carbocycles. The van der Waals surface area contributed by atoms with Crippen molar-refractivity contribution in [3.63, 3.8) is 0 Å². The van der Waals surface area contributed by atoms with Crippen molar-refractivity contribution in [1.29, 1.82) is 0 Å². The van der Waals surface area contributed by atoms with Crippen LogP contribution in [-0.4, -0.2) is 31.0 Å². The third-order valence-electron chi connectivity index (χ3n) is 3.65. The van der Waals surface area contributed by atoms with Gasteiger partial charge < -0.3 is 9.47 Å². The Hall–Kier alpha value is -2.58. The minimum Gasteiger partial charge on any atom is -0.483 e. The number of ether oxygens (including phenoxy) is 2. The molecule has 29 heavy (non-hydrogen) atoms. The quantitative estimate of drug-likeness (QED) is 0.422. The van der Waals surface area contributed by atoms with Gasteiger partial charge in [0, 0.05) is 17.9 Å². The summed E-state index contributed by atoms with van der Waals surface area (Å²) in [6.45, 7) is -0.0547. The zero-order chi connectivity index (χ0) is 21.1. The third kappa shape index (κ3) is 8.97. The number of hydrazine groups is 1. The minimum atomic E-state index is -0.550. The normalized spacial score (nSPS) is 10.1. The number of nitrogens with one attached hydrogen (secondary N) is 2. The second-order valence-electron chi connectivity index (χ2n) is 5.92. The fourth-order valence-electron chi connectivity index (χ4n) is 2.19. The fourth-order valence-corrected chi connectivity index (χ4v) is 2.99. The van der Waals surface area contributed by atoms with Gasteiger partial charge in [-0.15, -0.1) is 0 Å². The van der Waals surface area contributed by atoms with E-state index in [1.165, 1.54) is 0 Å². The Kier molecular flexibility index (Phi) is 9.46. The zero-order valence-electron chi connectivity index (χ0n) is 15.5. The Morgan fingerprint density at radius 2 is 1.69 bits per heavy atom. The van der Waals surface area contributed by atoms with Crippen molar-refractivity contribution in [2.45, 2.75) is 19.3 Å². The van der Waals surface area contributed by atoms with Gasteiger partial charge in [-0.1, -0.05) is 41.9 Å². The van der Waals surface area contributed by atoms with Gasteiger partial charge >= 0.3 is 5.97 Å². The van der Waals surface area contributed by atoms with Crippen LogP contribution in [0.25, 0.3) is 0 Å². The number of carbonyl (C=O) groups is 3. The molecule has 2 aromatic rings. The van der Waals surface area contributed by atoms with Crippen molar-refractivity contribution in [3.8, 4) is 5.75 Å². The highest BCUT2D eigenvalue weighted by molar-refractivity contribution is 9.10. The Bertz CT molecular complexity index is 848. The molecule has 2 rings (SSSR count). The Morgan fingerprint density at radius 3 is 2.41 bits per heavy atom. The predicted octanol–water partition coefficient (Wildman–Crippen LogP) is 3.19. The summed E-state index contributed by atoms with van der Waals surface area (Å²) in [7, 11) is 0.